The number of aromatic nitrogens is 3. The summed E-state index contributed by atoms with van der Waals surface area (Å²) in [6, 6.07) is 10.8. The highest BCUT2D eigenvalue weighted by atomic mass is 35.5. The number of aryl methyl sites for hydroxylation is 1. The number of nitrogens with zero attached hydrogens (tertiary/aromatic N) is 4. The van der Waals surface area contributed by atoms with E-state index in [1.807, 2.05) is 18.2 Å². The minimum atomic E-state index is -1.19. The molecule has 0 aliphatic carbocycles. The zero-order chi connectivity index (χ0) is 22.6. The molecular weight excluding hydrogens is 426 g/mol. The van der Waals surface area contributed by atoms with Crippen molar-refractivity contribution < 1.29 is 4.74 Å². The van der Waals surface area contributed by atoms with Gasteiger partial charge in [0.15, 0.2) is 0 Å². The molecule has 3 rings (SSSR count). The van der Waals surface area contributed by atoms with Crippen molar-refractivity contribution in [1.82, 2.24) is 14.5 Å². The molecule has 0 aliphatic rings. The second-order valence-electron chi connectivity index (χ2n) is 8.85. The van der Waals surface area contributed by atoms with E-state index in [0.717, 1.165) is 39.8 Å². The summed E-state index contributed by atoms with van der Waals surface area (Å²) in [4.78, 5) is 12.6. The average molecular weight is 456 g/mol. The predicted octanol–water partition coefficient (Wildman–Crippen LogP) is 5.67. The Morgan fingerprint density at radius 1 is 1.19 bits per heavy atom. The Balaban J connectivity index is 2.14. The van der Waals surface area contributed by atoms with E-state index in [0.29, 0.717) is 30.7 Å². The highest BCUT2D eigenvalue weighted by molar-refractivity contribution is 6.76. The molecule has 164 valence electrons. The molecule has 8 heteroatoms. The summed E-state index contributed by atoms with van der Waals surface area (Å²) in [5, 5.41) is 0.679. The lowest BCUT2D eigenvalue weighted by atomic mass is 10.0. The van der Waals surface area contributed by atoms with Crippen LogP contribution in [0.5, 0.6) is 0 Å². The third kappa shape index (κ3) is 5.81. The molecule has 0 saturated heterocycles. The van der Waals surface area contributed by atoms with Crippen LogP contribution in [0.4, 0.5) is 5.82 Å². The number of hydrogen-bond donors (Lipinski definition) is 1. The average Bonchev–Trinajstić information content (AvgIpc) is 3.05. The SMILES string of the molecule is C=NCc1cc(-c2cc(N)ncn2)n(COCC[Si](C)(C)C)c1-c1cc(Cl)ccc1C. The molecule has 1 aromatic carbocycles. The first-order valence-electron chi connectivity index (χ1n) is 10.3. The smallest absolute Gasteiger partial charge is 0.127 e. The van der Waals surface area contributed by atoms with Crippen molar-refractivity contribution in [2.24, 2.45) is 4.99 Å². The number of anilines is 1. The fourth-order valence-corrected chi connectivity index (χ4v) is 4.34. The molecule has 3 aromatic rings. The fraction of sp³-hybridized carbons (Fsp3) is 0.348. The molecule has 6 nitrogen and oxygen atoms in total. The van der Waals surface area contributed by atoms with Crippen LogP contribution in [0.15, 0.2) is 41.7 Å². The van der Waals surface area contributed by atoms with E-state index in [-0.39, 0.29) is 0 Å². The van der Waals surface area contributed by atoms with E-state index in [1.54, 1.807) is 6.07 Å². The number of aliphatic imine (C=N–C) groups is 1. The summed E-state index contributed by atoms with van der Waals surface area (Å²) in [6.07, 6.45) is 1.48. The number of rotatable bonds is 9. The van der Waals surface area contributed by atoms with Crippen LogP contribution in [0, 0.1) is 6.92 Å². The van der Waals surface area contributed by atoms with Crippen molar-refractivity contribution in [3.8, 4) is 22.6 Å². The molecular formula is C23H30ClN5OSi. The molecule has 0 aliphatic heterocycles. The van der Waals surface area contributed by atoms with Crippen molar-refractivity contribution in [3.63, 3.8) is 0 Å². The Hall–Kier alpha value is -2.48. The lowest BCUT2D eigenvalue weighted by Gasteiger charge is -2.19. The van der Waals surface area contributed by atoms with E-state index in [2.05, 4.69) is 58.9 Å². The van der Waals surface area contributed by atoms with Crippen LogP contribution in [0.3, 0.4) is 0 Å². The van der Waals surface area contributed by atoms with Crippen molar-refractivity contribution in [3.05, 3.63) is 52.8 Å². The number of benzene rings is 1. The first-order valence-corrected chi connectivity index (χ1v) is 14.3. The molecule has 0 bridgehead atoms. The minimum absolute atomic E-state index is 0.391. The maximum Gasteiger partial charge on any atom is 0.127 e. The van der Waals surface area contributed by atoms with E-state index in [9.17, 15) is 0 Å². The van der Waals surface area contributed by atoms with E-state index in [1.165, 1.54) is 6.33 Å². The zero-order valence-electron chi connectivity index (χ0n) is 18.7. The second kappa shape index (κ2) is 9.76. The van der Waals surface area contributed by atoms with Gasteiger partial charge in [-0.05, 0) is 49.0 Å². The quantitative estimate of drug-likeness (QED) is 0.256. The summed E-state index contributed by atoms with van der Waals surface area (Å²) in [7, 11) is -1.19. The van der Waals surface area contributed by atoms with Crippen molar-refractivity contribution in [2.45, 2.75) is 45.9 Å². The zero-order valence-corrected chi connectivity index (χ0v) is 20.4. The van der Waals surface area contributed by atoms with Crippen LogP contribution in [-0.2, 0) is 18.0 Å². The van der Waals surface area contributed by atoms with Gasteiger partial charge in [0.1, 0.15) is 18.9 Å². The summed E-state index contributed by atoms with van der Waals surface area (Å²) in [5.41, 5.74) is 11.8. The van der Waals surface area contributed by atoms with Gasteiger partial charge in [0.05, 0.1) is 23.6 Å². The van der Waals surface area contributed by atoms with Crippen LogP contribution < -0.4 is 5.73 Å². The molecule has 0 spiro atoms. The highest BCUT2D eigenvalue weighted by Gasteiger charge is 2.21. The van der Waals surface area contributed by atoms with Gasteiger partial charge >= 0.3 is 0 Å². The molecule has 2 N–H and O–H groups in total. The van der Waals surface area contributed by atoms with Gasteiger partial charge < -0.3 is 15.0 Å². The Morgan fingerprint density at radius 3 is 2.65 bits per heavy atom. The normalized spacial score (nSPS) is 11.6. The van der Waals surface area contributed by atoms with Crippen molar-refractivity contribution in [1.29, 1.82) is 0 Å². The van der Waals surface area contributed by atoms with Gasteiger partial charge in [-0.1, -0.05) is 37.3 Å². The topological polar surface area (TPSA) is 78.3 Å². The maximum absolute atomic E-state index is 6.36. The molecule has 2 aromatic heterocycles. The minimum Gasteiger partial charge on any atom is -0.384 e. The lowest BCUT2D eigenvalue weighted by Crippen LogP contribution is -2.22. The largest absolute Gasteiger partial charge is 0.384 e. The Morgan fingerprint density at radius 2 is 1.97 bits per heavy atom. The van der Waals surface area contributed by atoms with Crippen LogP contribution in [0.25, 0.3) is 22.6 Å². The Labute approximate surface area is 190 Å². The third-order valence-corrected chi connectivity index (χ3v) is 7.02. The van der Waals surface area contributed by atoms with Gasteiger partial charge in [0.2, 0.25) is 0 Å². The molecule has 0 atom stereocenters. The van der Waals surface area contributed by atoms with Crippen LogP contribution >= 0.6 is 11.6 Å². The molecule has 31 heavy (non-hydrogen) atoms. The number of halogens is 1. The van der Waals surface area contributed by atoms with Gasteiger partial charge in [0, 0.05) is 31.3 Å². The first kappa shape index (κ1) is 23.2. The fourth-order valence-electron chi connectivity index (χ4n) is 3.41. The number of nitrogen functional groups attached to an aromatic ring is 1. The van der Waals surface area contributed by atoms with Gasteiger partial charge in [0.25, 0.3) is 0 Å². The van der Waals surface area contributed by atoms with Crippen LogP contribution in [0.1, 0.15) is 11.1 Å². The van der Waals surface area contributed by atoms with Crippen molar-refractivity contribution >= 4 is 32.2 Å². The molecule has 0 saturated carbocycles. The lowest BCUT2D eigenvalue weighted by molar-refractivity contribution is 0.0895. The van der Waals surface area contributed by atoms with Gasteiger partial charge in [-0.2, -0.15) is 0 Å². The molecule has 2 heterocycles. The van der Waals surface area contributed by atoms with Gasteiger partial charge in [-0.15, -0.1) is 0 Å². The van der Waals surface area contributed by atoms with Gasteiger partial charge in [-0.25, -0.2) is 9.97 Å². The summed E-state index contributed by atoms with van der Waals surface area (Å²) >= 11 is 6.36. The Bertz CT molecular complexity index is 1070. The van der Waals surface area contributed by atoms with Crippen LogP contribution in [-0.4, -0.2) is 35.9 Å². The summed E-state index contributed by atoms with van der Waals surface area (Å²) in [6.45, 7) is 14.4. The van der Waals surface area contributed by atoms with Crippen LogP contribution in [0.2, 0.25) is 30.7 Å². The third-order valence-electron chi connectivity index (χ3n) is 5.08. The monoisotopic (exact) mass is 455 g/mol. The van der Waals surface area contributed by atoms with E-state index in [4.69, 9.17) is 22.1 Å². The number of hydrogen-bond acceptors (Lipinski definition) is 5. The number of nitrogens with two attached hydrogens (primary N) is 1. The highest BCUT2D eigenvalue weighted by Crippen LogP contribution is 2.36. The van der Waals surface area contributed by atoms with Crippen molar-refractivity contribution in [2.75, 3.05) is 12.3 Å². The predicted molar refractivity (Wildman–Crippen MR) is 132 cm³/mol. The molecule has 0 fully saturated rings. The second-order valence-corrected chi connectivity index (χ2v) is 14.9. The summed E-state index contributed by atoms with van der Waals surface area (Å²) < 4.78 is 8.29. The maximum atomic E-state index is 6.36. The standard InChI is InChI=1S/C23H30ClN5OSi/c1-16-6-7-18(24)11-19(16)23-17(13-26-2)10-21(20-12-22(25)28-14-27-20)29(23)15-30-8-9-31(3,4)5/h6-7,10-12,14H,2,8-9,13,15H2,1,3-5H3,(H2,25,27,28). The number of ether oxygens (including phenoxy) is 1. The summed E-state index contributed by atoms with van der Waals surface area (Å²) in [5.74, 6) is 0.418. The van der Waals surface area contributed by atoms with Gasteiger partial charge in [-0.3, -0.25) is 4.99 Å². The molecule has 0 unspecified atom stereocenters. The van der Waals surface area contributed by atoms with E-state index < -0.39 is 8.07 Å². The Kier molecular flexibility index (Phi) is 7.30. The molecule has 0 radical (unpaired) electrons. The molecule has 0 amide bonds. The van der Waals surface area contributed by atoms with E-state index >= 15 is 0 Å². The first-order chi connectivity index (χ1) is 14.7.